The molecule has 1 heterocycles. The Morgan fingerprint density at radius 3 is 2.95 bits per heavy atom. The van der Waals surface area contributed by atoms with Gasteiger partial charge in [-0.15, -0.1) is 0 Å². The molecule has 0 aromatic rings. The fraction of sp³-hybridized carbons (Fsp3) is 0.929. The third-order valence-electron chi connectivity index (χ3n) is 3.81. The van der Waals surface area contributed by atoms with Crippen LogP contribution in [0.4, 0.5) is 0 Å². The Hall–Kier alpha value is -0.650. The molecule has 1 amide bonds. The summed E-state index contributed by atoms with van der Waals surface area (Å²) in [6.07, 6.45) is 3.11. The van der Waals surface area contributed by atoms with Crippen LogP contribution in [-0.2, 0) is 9.53 Å². The van der Waals surface area contributed by atoms with Gasteiger partial charge in [-0.1, -0.05) is 0 Å². The summed E-state index contributed by atoms with van der Waals surface area (Å²) in [6, 6.07) is 0.481. The van der Waals surface area contributed by atoms with Crippen molar-refractivity contribution in [2.45, 2.75) is 32.2 Å². The summed E-state index contributed by atoms with van der Waals surface area (Å²) in [5.74, 6) is 0.799. The first-order valence-corrected chi connectivity index (χ1v) is 7.31. The molecule has 5 heteroatoms. The number of nitrogens with one attached hydrogen (secondary N) is 2. The first-order valence-electron chi connectivity index (χ1n) is 7.31. The van der Waals surface area contributed by atoms with E-state index in [-0.39, 0.29) is 5.91 Å². The van der Waals surface area contributed by atoms with Crippen molar-refractivity contribution in [3.8, 4) is 0 Å². The van der Waals surface area contributed by atoms with Gasteiger partial charge < -0.3 is 20.3 Å². The number of ether oxygens (including phenoxy) is 1. The molecule has 0 bridgehead atoms. The highest BCUT2D eigenvalue weighted by Crippen LogP contribution is 2.18. The topological polar surface area (TPSA) is 53.6 Å². The maximum Gasteiger partial charge on any atom is 0.221 e. The molecule has 1 aliphatic heterocycles. The van der Waals surface area contributed by atoms with Gasteiger partial charge in [-0.2, -0.15) is 0 Å². The number of hydrogen-bond acceptors (Lipinski definition) is 4. The largest absolute Gasteiger partial charge is 0.383 e. The SMILES string of the molecule is COCCNC(=O)CCNC(C)C1CCCN(C)C1. The van der Waals surface area contributed by atoms with E-state index in [1.165, 1.54) is 19.4 Å². The minimum Gasteiger partial charge on any atom is -0.383 e. The molecular weight excluding hydrogens is 242 g/mol. The molecule has 0 saturated carbocycles. The lowest BCUT2D eigenvalue weighted by Gasteiger charge is -2.34. The van der Waals surface area contributed by atoms with Crippen LogP contribution in [-0.4, -0.2) is 63.8 Å². The van der Waals surface area contributed by atoms with Crippen molar-refractivity contribution < 1.29 is 9.53 Å². The van der Waals surface area contributed by atoms with Gasteiger partial charge in [0.05, 0.1) is 6.61 Å². The zero-order chi connectivity index (χ0) is 14.1. The molecule has 1 saturated heterocycles. The molecule has 0 spiro atoms. The number of hydrogen-bond donors (Lipinski definition) is 2. The average Bonchev–Trinajstić information content (AvgIpc) is 2.39. The average molecular weight is 271 g/mol. The van der Waals surface area contributed by atoms with Crippen LogP contribution >= 0.6 is 0 Å². The van der Waals surface area contributed by atoms with Gasteiger partial charge in [-0.3, -0.25) is 4.79 Å². The number of rotatable bonds is 8. The van der Waals surface area contributed by atoms with Gasteiger partial charge in [0.15, 0.2) is 0 Å². The van der Waals surface area contributed by atoms with Crippen molar-refractivity contribution in [3.63, 3.8) is 0 Å². The van der Waals surface area contributed by atoms with Crippen LogP contribution in [0.1, 0.15) is 26.2 Å². The third kappa shape index (κ3) is 6.89. The summed E-state index contributed by atoms with van der Waals surface area (Å²) in [5, 5.41) is 6.31. The normalized spacial score (nSPS) is 22.2. The van der Waals surface area contributed by atoms with Crippen molar-refractivity contribution >= 4 is 5.91 Å². The van der Waals surface area contributed by atoms with Crippen LogP contribution in [0, 0.1) is 5.92 Å². The molecule has 0 aromatic heterocycles. The lowest BCUT2D eigenvalue weighted by molar-refractivity contribution is -0.121. The zero-order valence-corrected chi connectivity index (χ0v) is 12.6. The Balaban J connectivity index is 2.09. The van der Waals surface area contributed by atoms with Gasteiger partial charge in [0, 0.05) is 39.2 Å². The van der Waals surface area contributed by atoms with E-state index in [1.807, 2.05) is 0 Å². The predicted molar refractivity (Wildman–Crippen MR) is 77.2 cm³/mol. The van der Waals surface area contributed by atoms with E-state index in [1.54, 1.807) is 7.11 Å². The van der Waals surface area contributed by atoms with E-state index >= 15 is 0 Å². The Morgan fingerprint density at radius 1 is 1.47 bits per heavy atom. The first kappa shape index (κ1) is 16.4. The summed E-state index contributed by atoms with van der Waals surface area (Å²) < 4.78 is 4.89. The van der Waals surface area contributed by atoms with Gasteiger partial charge in [-0.05, 0) is 39.3 Å². The minimum atomic E-state index is 0.0949. The summed E-state index contributed by atoms with van der Waals surface area (Å²) in [7, 11) is 3.82. The van der Waals surface area contributed by atoms with E-state index in [9.17, 15) is 4.79 Å². The number of amides is 1. The molecule has 2 unspecified atom stereocenters. The van der Waals surface area contributed by atoms with Gasteiger partial charge in [0.2, 0.25) is 5.91 Å². The first-order chi connectivity index (χ1) is 9.13. The molecular formula is C14H29N3O2. The van der Waals surface area contributed by atoms with E-state index < -0.39 is 0 Å². The van der Waals surface area contributed by atoms with Crippen molar-refractivity contribution in [2.24, 2.45) is 5.92 Å². The molecule has 5 nitrogen and oxygen atoms in total. The van der Waals surface area contributed by atoms with Crippen LogP contribution in [0.5, 0.6) is 0 Å². The van der Waals surface area contributed by atoms with Gasteiger partial charge in [0.1, 0.15) is 0 Å². The predicted octanol–water partition coefficient (Wildman–Crippen LogP) is 0.459. The van der Waals surface area contributed by atoms with Gasteiger partial charge in [-0.25, -0.2) is 0 Å². The Bertz CT molecular complexity index is 261. The molecule has 0 radical (unpaired) electrons. The number of piperidine rings is 1. The molecule has 2 atom stereocenters. The van der Waals surface area contributed by atoms with Gasteiger partial charge >= 0.3 is 0 Å². The van der Waals surface area contributed by atoms with Crippen LogP contribution < -0.4 is 10.6 Å². The number of likely N-dealkylation sites (tertiary alicyclic amines) is 1. The maximum absolute atomic E-state index is 11.5. The van der Waals surface area contributed by atoms with Crippen LogP contribution in [0.3, 0.4) is 0 Å². The van der Waals surface area contributed by atoms with Crippen LogP contribution in [0.15, 0.2) is 0 Å². The highest BCUT2D eigenvalue weighted by Gasteiger charge is 2.22. The number of carbonyl (C=O) groups excluding carboxylic acids is 1. The Labute approximate surface area is 117 Å². The third-order valence-corrected chi connectivity index (χ3v) is 3.81. The number of carbonyl (C=O) groups is 1. The van der Waals surface area contributed by atoms with Crippen molar-refractivity contribution in [1.29, 1.82) is 0 Å². The summed E-state index contributed by atoms with van der Waals surface area (Å²) in [5.41, 5.74) is 0. The lowest BCUT2D eigenvalue weighted by Crippen LogP contribution is -2.44. The van der Waals surface area contributed by atoms with E-state index in [0.717, 1.165) is 13.1 Å². The van der Waals surface area contributed by atoms with Crippen molar-refractivity contribution in [1.82, 2.24) is 15.5 Å². The van der Waals surface area contributed by atoms with Crippen LogP contribution in [0.2, 0.25) is 0 Å². The molecule has 0 aromatic carbocycles. The maximum atomic E-state index is 11.5. The Morgan fingerprint density at radius 2 is 2.26 bits per heavy atom. The van der Waals surface area contributed by atoms with Crippen LogP contribution in [0.25, 0.3) is 0 Å². The van der Waals surface area contributed by atoms with E-state index in [2.05, 4.69) is 29.5 Å². The standard InChI is InChI=1S/C14H29N3O2/c1-12(13-5-4-9-17(2)11-13)15-7-6-14(18)16-8-10-19-3/h12-13,15H,4-11H2,1-3H3,(H,16,18). The lowest BCUT2D eigenvalue weighted by atomic mass is 9.92. The zero-order valence-electron chi connectivity index (χ0n) is 12.6. The minimum absolute atomic E-state index is 0.0949. The molecule has 0 aliphatic carbocycles. The summed E-state index contributed by atoms with van der Waals surface area (Å²) in [6.45, 7) is 6.52. The molecule has 1 aliphatic rings. The monoisotopic (exact) mass is 271 g/mol. The fourth-order valence-electron chi connectivity index (χ4n) is 2.58. The van der Waals surface area contributed by atoms with E-state index in [0.29, 0.717) is 31.5 Å². The number of nitrogens with zero attached hydrogens (tertiary/aromatic N) is 1. The second-order valence-electron chi connectivity index (χ2n) is 5.50. The quantitative estimate of drug-likeness (QED) is 0.630. The smallest absolute Gasteiger partial charge is 0.221 e. The summed E-state index contributed by atoms with van der Waals surface area (Å²) in [4.78, 5) is 13.9. The second-order valence-corrected chi connectivity index (χ2v) is 5.50. The summed E-state index contributed by atoms with van der Waals surface area (Å²) >= 11 is 0. The highest BCUT2D eigenvalue weighted by molar-refractivity contribution is 5.76. The Kier molecular flexibility index (Phi) is 8.02. The second kappa shape index (κ2) is 9.28. The molecule has 19 heavy (non-hydrogen) atoms. The van der Waals surface area contributed by atoms with Crippen molar-refractivity contribution in [2.75, 3.05) is 46.9 Å². The highest BCUT2D eigenvalue weighted by atomic mass is 16.5. The number of methoxy groups -OCH3 is 1. The molecule has 1 rings (SSSR count). The fourth-order valence-corrected chi connectivity index (χ4v) is 2.58. The van der Waals surface area contributed by atoms with E-state index in [4.69, 9.17) is 4.74 Å². The van der Waals surface area contributed by atoms with Gasteiger partial charge in [0.25, 0.3) is 0 Å². The molecule has 2 N–H and O–H groups in total. The van der Waals surface area contributed by atoms with Crippen molar-refractivity contribution in [3.05, 3.63) is 0 Å². The molecule has 1 fully saturated rings. The molecule has 112 valence electrons.